The number of benzene rings is 1. The van der Waals surface area contributed by atoms with E-state index in [9.17, 15) is 0 Å². The largest absolute Gasteiger partial charge is 0.491 e. The van der Waals surface area contributed by atoms with Gasteiger partial charge in [0.25, 0.3) is 0 Å². The van der Waals surface area contributed by atoms with Crippen LogP contribution in [0, 0.1) is 6.92 Å². The lowest BCUT2D eigenvalue weighted by molar-refractivity contribution is 0.0322. The molecule has 2 aromatic rings. The van der Waals surface area contributed by atoms with Crippen molar-refractivity contribution in [2.45, 2.75) is 32.9 Å². The van der Waals surface area contributed by atoms with Crippen LogP contribution in [0.2, 0.25) is 5.02 Å². The number of morpholine rings is 1. The molecule has 0 atom stereocenters. The quantitative estimate of drug-likeness (QED) is 0.737. The Bertz CT molecular complexity index is 744. The minimum atomic E-state index is -0.429. The summed E-state index contributed by atoms with van der Waals surface area (Å²) in [4.78, 5) is 6.63. The zero-order valence-corrected chi connectivity index (χ0v) is 16.9. The SMILES string of the molecule is Cc1noc(C(C)(C)NCc2ccc(OCCN3CCOCC3)c(Cl)c2)n1. The number of hydrogen-bond donors (Lipinski definition) is 1. The average molecular weight is 395 g/mol. The van der Waals surface area contributed by atoms with Crippen molar-refractivity contribution in [2.75, 3.05) is 39.5 Å². The summed E-state index contributed by atoms with van der Waals surface area (Å²) in [5.74, 6) is 1.90. The fraction of sp³-hybridized carbons (Fsp3) is 0.579. The Labute approximate surface area is 165 Å². The molecule has 0 radical (unpaired) electrons. The molecule has 8 heteroatoms. The third kappa shape index (κ3) is 5.65. The third-order valence-corrected chi connectivity index (χ3v) is 4.86. The van der Waals surface area contributed by atoms with Gasteiger partial charge in [-0.25, -0.2) is 0 Å². The Balaban J connectivity index is 1.50. The molecule has 1 saturated heterocycles. The minimum absolute atomic E-state index is 0.429. The number of nitrogens with zero attached hydrogens (tertiary/aromatic N) is 3. The number of rotatable bonds is 8. The molecule has 3 rings (SSSR count). The minimum Gasteiger partial charge on any atom is -0.491 e. The zero-order valence-electron chi connectivity index (χ0n) is 16.1. The molecule has 27 heavy (non-hydrogen) atoms. The Morgan fingerprint density at radius 3 is 2.74 bits per heavy atom. The van der Waals surface area contributed by atoms with E-state index in [0.29, 0.717) is 35.6 Å². The second-order valence-electron chi connectivity index (χ2n) is 7.19. The van der Waals surface area contributed by atoms with E-state index in [1.165, 1.54) is 0 Å². The summed E-state index contributed by atoms with van der Waals surface area (Å²) < 4.78 is 16.5. The van der Waals surface area contributed by atoms with Crippen LogP contribution in [0.15, 0.2) is 22.7 Å². The molecule has 148 valence electrons. The van der Waals surface area contributed by atoms with Crippen LogP contribution in [-0.4, -0.2) is 54.5 Å². The van der Waals surface area contributed by atoms with E-state index in [1.807, 2.05) is 32.0 Å². The van der Waals surface area contributed by atoms with Gasteiger partial charge >= 0.3 is 0 Å². The molecule has 0 saturated carbocycles. The maximum absolute atomic E-state index is 6.39. The second kappa shape index (κ2) is 9.01. The summed E-state index contributed by atoms with van der Waals surface area (Å²) in [7, 11) is 0. The van der Waals surface area contributed by atoms with Gasteiger partial charge in [0.2, 0.25) is 5.89 Å². The van der Waals surface area contributed by atoms with Crippen LogP contribution in [-0.2, 0) is 16.8 Å². The molecular formula is C19H27ClN4O3. The van der Waals surface area contributed by atoms with E-state index in [2.05, 4.69) is 20.4 Å². The highest BCUT2D eigenvalue weighted by Crippen LogP contribution is 2.26. The van der Waals surface area contributed by atoms with Gasteiger partial charge in [-0.1, -0.05) is 22.8 Å². The molecule has 1 aromatic carbocycles. The lowest BCUT2D eigenvalue weighted by atomic mass is 10.0. The molecule has 1 N–H and O–H groups in total. The first-order valence-corrected chi connectivity index (χ1v) is 9.59. The van der Waals surface area contributed by atoms with Crippen LogP contribution >= 0.6 is 11.6 Å². The first-order valence-electron chi connectivity index (χ1n) is 9.21. The average Bonchev–Trinajstić information content (AvgIpc) is 3.10. The second-order valence-corrected chi connectivity index (χ2v) is 7.60. The van der Waals surface area contributed by atoms with Crippen molar-refractivity contribution in [3.63, 3.8) is 0 Å². The maximum atomic E-state index is 6.39. The molecular weight excluding hydrogens is 368 g/mol. The van der Waals surface area contributed by atoms with Crippen LogP contribution in [0.5, 0.6) is 5.75 Å². The molecule has 0 aliphatic carbocycles. The van der Waals surface area contributed by atoms with E-state index in [0.717, 1.165) is 38.4 Å². The van der Waals surface area contributed by atoms with Gasteiger partial charge in [0.15, 0.2) is 5.82 Å². The van der Waals surface area contributed by atoms with Crippen LogP contribution < -0.4 is 10.1 Å². The van der Waals surface area contributed by atoms with Gasteiger partial charge in [-0.05, 0) is 38.5 Å². The standard InChI is InChI=1S/C19H27ClN4O3/c1-14-22-18(27-23-14)19(2,3)21-13-15-4-5-17(16(20)12-15)26-11-8-24-6-9-25-10-7-24/h4-5,12,21H,6-11,13H2,1-3H3. The number of aromatic nitrogens is 2. The van der Waals surface area contributed by atoms with Gasteiger partial charge in [0, 0.05) is 26.2 Å². The van der Waals surface area contributed by atoms with Crippen molar-refractivity contribution >= 4 is 11.6 Å². The molecule has 0 bridgehead atoms. The molecule has 2 heterocycles. The number of hydrogen-bond acceptors (Lipinski definition) is 7. The number of halogens is 1. The van der Waals surface area contributed by atoms with Gasteiger partial charge in [-0.3, -0.25) is 10.2 Å². The molecule has 0 unspecified atom stereocenters. The van der Waals surface area contributed by atoms with Crippen LogP contribution in [0.4, 0.5) is 0 Å². The predicted octanol–water partition coefficient (Wildman–Crippen LogP) is 2.77. The van der Waals surface area contributed by atoms with Gasteiger partial charge in [-0.15, -0.1) is 0 Å². The first-order chi connectivity index (χ1) is 12.9. The fourth-order valence-electron chi connectivity index (χ4n) is 2.83. The van der Waals surface area contributed by atoms with Gasteiger partial charge in [-0.2, -0.15) is 4.98 Å². The van der Waals surface area contributed by atoms with E-state index in [4.69, 9.17) is 25.6 Å². The normalized spacial score (nSPS) is 15.9. The highest BCUT2D eigenvalue weighted by molar-refractivity contribution is 6.32. The van der Waals surface area contributed by atoms with Crippen molar-refractivity contribution in [3.05, 3.63) is 40.5 Å². The lowest BCUT2D eigenvalue weighted by Gasteiger charge is -2.26. The maximum Gasteiger partial charge on any atom is 0.246 e. The Morgan fingerprint density at radius 2 is 2.07 bits per heavy atom. The molecule has 1 fully saturated rings. The van der Waals surface area contributed by atoms with Crippen molar-refractivity contribution in [3.8, 4) is 5.75 Å². The summed E-state index contributed by atoms with van der Waals surface area (Å²) in [6.07, 6.45) is 0. The molecule has 1 aromatic heterocycles. The van der Waals surface area contributed by atoms with Crippen LogP contribution in [0.1, 0.15) is 31.1 Å². The first kappa shape index (κ1) is 20.1. The van der Waals surface area contributed by atoms with E-state index in [-0.39, 0.29) is 0 Å². The Kier molecular flexibility index (Phi) is 6.70. The van der Waals surface area contributed by atoms with Crippen LogP contribution in [0.3, 0.4) is 0 Å². The lowest BCUT2D eigenvalue weighted by Crippen LogP contribution is -2.38. The van der Waals surface area contributed by atoms with Crippen molar-refractivity contribution < 1.29 is 14.0 Å². The number of ether oxygens (including phenoxy) is 2. The molecule has 7 nitrogen and oxygen atoms in total. The van der Waals surface area contributed by atoms with E-state index < -0.39 is 5.54 Å². The monoisotopic (exact) mass is 394 g/mol. The van der Waals surface area contributed by atoms with Crippen LogP contribution in [0.25, 0.3) is 0 Å². The highest BCUT2D eigenvalue weighted by atomic mass is 35.5. The van der Waals surface area contributed by atoms with Gasteiger partial charge < -0.3 is 14.0 Å². The molecule has 1 aliphatic heterocycles. The Morgan fingerprint density at radius 1 is 1.30 bits per heavy atom. The third-order valence-electron chi connectivity index (χ3n) is 4.56. The molecule has 1 aliphatic rings. The topological polar surface area (TPSA) is 72.7 Å². The predicted molar refractivity (Wildman–Crippen MR) is 103 cm³/mol. The van der Waals surface area contributed by atoms with Crippen molar-refractivity contribution in [1.82, 2.24) is 20.4 Å². The zero-order chi connectivity index (χ0) is 19.3. The summed E-state index contributed by atoms with van der Waals surface area (Å²) in [6, 6.07) is 5.86. The van der Waals surface area contributed by atoms with Gasteiger partial charge in [0.1, 0.15) is 12.4 Å². The number of nitrogens with one attached hydrogen (secondary N) is 1. The van der Waals surface area contributed by atoms with E-state index in [1.54, 1.807) is 6.92 Å². The fourth-order valence-corrected chi connectivity index (χ4v) is 3.09. The van der Waals surface area contributed by atoms with E-state index >= 15 is 0 Å². The van der Waals surface area contributed by atoms with Gasteiger partial charge in [0.05, 0.1) is 23.8 Å². The summed E-state index contributed by atoms with van der Waals surface area (Å²) in [6.45, 7) is 11.4. The molecule has 0 amide bonds. The number of aryl methyl sites for hydroxylation is 1. The summed E-state index contributed by atoms with van der Waals surface area (Å²) in [5.41, 5.74) is 0.631. The summed E-state index contributed by atoms with van der Waals surface area (Å²) >= 11 is 6.39. The van der Waals surface area contributed by atoms with Crippen molar-refractivity contribution in [1.29, 1.82) is 0 Å². The molecule has 0 spiro atoms. The van der Waals surface area contributed by atoms with Crippen molar-refractivity contribution in [2.24, 2.45) is 0 Å². The Hall–Kier alpha value is -1.67. The smallest absolute Gasteiger partial charge is 0.246 e. The highest BCUT2D eigenvalue weighted by Gasteiger charge is 2.26. The summed E-state index contributed by atoms with van der Waals surface area (Å²) in [5, 5.41) is 7.89.